The van der Waals surface area contributed by atoms with Gasteiger partial charge in [-0.2, -0.15) is 0 Å². The minimum atomic E-state index is -1.12. The van der Waals surface area contributed by atoms with E-state index in [4.69, 9.17) is 5.11 Å². The van der Waals surface area contributed by atoms with E-state index in [1.54, 1.807) is 26.0 Å². The predicted molar refractivity (Wildman–Crippen MR) is 58.4 cm³/mol. The Morgan fingerprint density at radius 2 is 1.53 bits per heavy atom. The molecule has 0 aromatic heterocycles. The molecular formula is C11H15NO3. The van der Waals surface area contributed by atoms with Crippen molar-refractivity contribution in [2.75, 3.05) is 7.05 Å². The van der Waals surface area contributed by atoms with Crippen molar-refractivity contribution >= 4 is 11.9 Å². The summed E-state index contributed by atoms with van der Waals surface area (Å²) in [5.41, 5.74) is 0.126. The van der Waals surface area contributed by atoms with Gasteiger partial charge in [0.1, 0.15) is 0 Å². The van der Waals surface area contributed by atoms with Crippen LogP contribution in [0.5, 0.6) is 0 Å². The second kappa shape index (κ2) is 6.59. The highest BCUT2D eigenvalue weighted by molar-refractivity contribution is 6.05. The Kier molecular flexibility index (Phi) is 5.78. The number of aliphatic carboxylic acids is 1. The van der Waals surface area contributed by atoms with E-state index in [1.807, 2.05) is 0 Å². The SMILES string of the molecule is C\C=C/C(C(=O)O)=C(\C=C/C)C(=O)NC. The van der Waals surface area contributed by atoms with E-state index >= 15 is 0 Å². The number of nitrogens with one attached hydrogen (secondary N) is 1. The number of hydrogen-bond acceptors (Lipinski definition) is 2. The van der Waals surface area contributed by atoms with Crippen LogP contribution in [0.2, 0.25) is 0 Å². The van der Waals surface area contributed by atoms with Crippen molar-refractivity contribution in [2.24, 2.45) is 0 Å². The third-order valence-corrected chi connectivity index (χ3v) is 1.66. The maximum atomic E-state index is 11.4. The van der Waals surface area contributed by atoms with Crippen LogP contribution in [0, 0.1) is 0 Å². The largest absolute Gasteiger partial charge is 0.478 e. The lowest BCUT2D eigenvalue weighted by Crippen LogP contribution is -2.21. The summed E-state index contributed by atoms with van der Waals surface area (Å²) < 4.78 is 0. The average Bonchev–Trinajstić information content (AvgIpc) is 2.21. The molecule has 0 bridgehead atoms. The zero-order valence-electron chi connectivity index (χ0n) is 9.07. The van der Waals surface area contributed by atoms with Crippen LogP contribution in [-0.2, 0) is 9.59 Å². The molecule has 0 aromatic rings. The van der Waals surface area contributed by atoms with Gasteiger partial charge in [0.15, 0.2) is 0 Å². The van der Waals surface area contributed by atoms with Gasteiger partial charge in [0, 0.05) is 7.05 Å². The number of allylic oxidation sites excluding steroid dienone is 2. The van der Waals surface area contributed by atoms with Gasteiger partial charge < -0.3 is 10.4 Å². The smallest absolute Gasteiger partial charge is 0.336 e. The molecule has 0 aliphatic rings. The molecular weight excluding hydrogens is 194 g/mol. The van der Waals surface area contributed by atoms with Gasteiger partial charge in [-0.15, -0.1) is 0 Å². The molecule has 0 aliphatic carbocycles. The molecule has 4 heteroatoms. The summed E-state index contributed by atoms with van der Waals surface area (Å²) in [7, 11) is 1.46. The molecule has 0 unspecified atom stereocenters. The van der Waals surface area contributed by atoms with Crippen molar-refractivity contribution in [3.63, 3.8) is 0 Å². The first-order valence-corrected chi connectivity index (χ1v) is 4.53. The van der Waals surface area contributed by atoms with Gasteiger partial charge >= 0.3 is 5.97 Å². The topological polar surface area (TPSA) is 66.4 Å². The maximum Gasteiger partial charge on any atom is 0.336 e. The fourth-order valence-corrected chi connectivity index (χ4v) is 1.03. The van der Waals surface area contributed by atoms with Crippen molar-refractivity contribution < 1.29 is 14.7 Å². The highest BCUT2D eigenvalue weighted by Crippen LogP contribution is 2.09. The van der Waals surface area contributed by atoms with Crippen LogP contribution < -0.4 is 5.32 Å². The number of carboxylic acids is 1. The molecule has 0 saturated carbocycles. The Labute approximate surface area is 89.0 Å². The number of carboxylic acid groups (broad SMARTS) is 1. The normalized spacial score (nSPS) is 13.0. The van der Waals surface area contributed by atoms with E-state index in [2.05, 4.69) is 5.32 Å². The Balaban J connectivity index is 5.54. The summed E-state index contributed by atoms with van der Waals surface area (Å²) in [6.07, 6.45) is 6.07. The Morgan fingerprint density at radius 3 is 1.87 bits per heavy atom. The molecule has 0 aliphatic heterocycles. The number of carbonyl (C=O) groups is 2. The first-order chi connectivity index (χ1) is 7.08. The number of carbonyl (C=O) groups excluding carboxylic acids is 1. The summed E-state index contributed by atoms with van der Waals surface area (Å²) in [4.78, 5) is 22.3. The lowest BCUT2D eigenvalue weighted by Gasteiger charge is -2.03. The molecule has 0 heterocycles. The van der Waals surface area contributed by atoms with Crippen LogP contribution in [0.15, 0.2) is 35.5 Å². The van der Waals surface area contributed by atoms with Crippen LogP contribution >= 0.6 is 0 Å². The van der Waals surface area contributed by atoms with Crippen LogP contribution in [0.4, 0.5) is 0 Å². The lowest BCUT2D eigenvalue weighted by atomic mass is 10.1. The fourth-order valence-electron chi connectivity index (χ4n) is 1.03. The van der Waals surface area contributed by atoms with Crippen molar-refractivity contribution in [2.45, 2.75) is 13.8 Å². The van der Waals surface area contributed by atoms with Gasteiger partial charge in [-0.1, -0.05) is 24.3 Å². The van der Waals surface area contributed by atoms with Crippen molar-refractivity contribution in [3.05, 3.63) is 35.5 Å². The molecule has 4 nitrogen and oxygen atoms in total. The summed E-state index contributed by atoms with van der Waals surface area (Å²) in [5, 5.41) is 11.3. The second-order valence-corrected chi connectivity index (χ2v) is 2.71. The molecule has 1 amide bonds. The summed E-state index contributed by atoms with van der Waals surface area (Å²) in [6, 6.07) is 0. The van der Waals surface area contributed by atoms with E-state index in [9.17, 15) is 9.59 Å². The van der Waals surface area contributed by atoms with Gasteiger partial charge in [-0.05, 0) is 13.8 Å². The van der Waals surface area contributed by atoms with Gasteiger partial charge in [-0.25, -0.2) is 4.79 Å². The highest BCUT2D eigenvalue weighted by Gasteiger charge is 2.14. The predicted octanol–water partition coefficient (Wildman–Crippen LogP) is 1.27. The Hall–Kier alpha value is -1.84. The first-order valence-electron chi connectivity index (χ1n) is 4.53. The van der Waals surface area contributed by atoms with E-state index in [-0.39, 0.29) is 11.1 Å². The molecule has 0 atom stereocenters. The van der Waals surface area contributed by atoms with E-state index in [0.29, 0.717) is 0 Å². The summed E-state index contributed by atoms with van der Waals surface area (Å²) in [6.45, 7) is 3.41. The molecule has 2 N–H and O–H groups in total. The van der Waals surface area contributed by atoms with Gasteiger partial charge in [0.2, 0.25) is 0 Å². The third-order valence-electron chi connectivity index (χ3n) is 1.66. The molecule has 82 valence electrons. The zero-order valence-corrected chi connectivity index (χ0v) is 9.07. The molecule has 0 saturated heterocycles. The van der Waals surface area contributed by atoms with Crippen LogP contribution in [0.25, 0.3) is 0 Å². The van der Waals surface area contributed by atoms with Crippen LogP contribution in [0.3, 0.4) is 0 Å². The molecule has 15 heavy (non-hydrogen) atoms. The minimum Gasteiger partial charge on any atom is -0.478 e. The van der Waals surface area contributed by atoms with Crippen molar-refractivity contribution in [1.82, 2.24) is 5.32 Å². The van der Waals surface area contributed by atoms with Gasteiger partial charge in [0.25, 0.3) is 5.91 Å². The fraction of sp³-hybridized carbons (Fsp3) is 0.273. The quantitative estimate of drug-likeness (QED) is 0.541. The Morgan fingerprint density at radius 1 is 1.07 bits per heavy atom. The van der Waals surface area contributed by atoms with E-state index in [0.717, 1.165) is 0 Å². The molecule has 0 spiro atoms. The summed E-state index contributed by atoms with van der Waals surface area (Å²) in [5.74, 6) is -1.53. The minimum absolute atomic E-state index is 0.0186. The molecule has 0 radical (unpaired) electrons. The average molecular weight is 209 g/mol. The lowest BCUT2D eigenvalue weighted by molar-refractivity contribution is -0.132. The van der Waals surface area contributed by atoms with Gasteiger partial charge in [-0.3, -0.25) is 4.79 Å². The molecule has 0 aromatic carbocycles. The monoisotopic (exact) mass is 209 g/mol. The molecule has 0 rings (SSSR count). The summed E-state index contributed by atoms with van der Waals surface area (Å²) >= 11 is 0. The standard InChI is InChI=1S/C11H15NO3/c1-4-6-8(10(13)12-3)9(7-5-2)11(14)15/h4-7H,1-3H3,(H,12,13)(H,14,15)/b6-4-,7-5-,9-8-. The number of likely N-dealkylation sites (N-methyl/N-ethyl adjacent to an activating group) is 1. The van der Waals surface area contributed by atoms with E-state index < -0.39 is 11.9 Å². The van der Waals surface area contributed by atoms with Crippen molar-refractivity contribution in [1.29, 1.82) is 0 Å². The van der Waals surface area contributed by atoms with E-state index in [1.165, 1.54) is 19.2 Å². The Bertz CT molecular complexity index is 338. The number of rotatable bonds is 4. The zero-order chi connectivity index (χ0) is 11.8. The van der Waals surface area contributed by atoms with Gasteiger partial charge in [0.05, 0.1) is 11.1 Å². The highest BCUT2D eigenvalue weighted by atomic mass is 16.4. The number of amides is 1. The van der Waals surface area contributed by atoms with Crippen molar-refractivity contribution in [3.8, 4) is 0 Å². The van der Waals surface area contributed by atoms with Crippen LogP contribution in [0.1, 0.15) is 13.8 Å². The first kappa shape index (κ1) is 13.2. The third kappa shape index (κ3) is 3.81. The second-order valence-electron chi connectivity index (χ2n) is 2.71. The number of hydrogen-bond donors (Lipinski definition) is 2. The molecule has 0 fully saturated rings. The van der Waals surface area contributed by atoms with Crippen LogP contribution in [-0.4, -0.2) is 24.0 Å². The maximum absolute atomic E-state index is 11.4.